The Morgan fingerprint density at radius 3 is 2.59 bits per heavy atom. The van der Waals surface area contributed by atoms with E-state index in [2.05, 4.69) is 0 Å². The van der Waals surface area contributed by atoms with Gasteiger partial charge in [-0.3, -0.25) is 9.59 Å². The van der Waals surface area contributed by atoms with Crippen LogP contribution in [0.5, 0.6) is 0 Å². The number of hydrogen-bond donors (Lipinski definition) is 1. The molecule has 6 nitrogen and oxygen atoms in total. The molecule has 1 N–H and O–H groups in total. The second-order valence-electron chi connectivity index (χ2n) is 4.01. The molecule has 0 radical (unpaired) electrons. The van der Waals surface area contributed by atoms with Crippen molar-refractivity contribution in [3.05, 3.63) is 0 Å². The number of aliphatic carboxylic acids is 1. The molecular weight excluding hydrogens is 226 g/mol. The van der Waals surface area contributed by atoms with Crippen LogP contribution in [0, 0.1) is 0 Å². The molecule has 1 saturated carbocycles. The van der Waals surface area contributed by atoms with Crippen LogP contribution in [0.15, 0.2) is 0 Å². The highest BCUT2D eigenvalue weighted by Gasteiger charge is 2.32. The Bertz CT molecular complexity index is 265. The van der Waals surface area contributed by atoms with E-state index < -0.39 is 5.97 Å². The van der Waals surface area contributed by atoms with Crippen molar-refractivity contribution in [2.24, 2.45) is 0 Å². The first kappa shape index (κ1) is 13.9. The number of carboxylic acids is 1. The number of ether oxygens (including phenoxy) is 2. The van der Waals surface area contributed by atoms with Crippen LogP contribution < -0.4 is 0 Å². The standard InChI is InChI=1S/C11H19NO5/c1-16-6-7-17-8-10(13)12(9-2-3-9)5-4-11(14)15/h9H,2-8H2,1H3,(H,14,15). The Hall–Kier alpha value is -1.14. The number of carbonyl (C=O) groups is 2. The maximum absolute atomic E-state index is 11.8. The van der Waals surface area contributed by atoms with E-state index in [1.165, 1.54) is 0 Å². The summed E-state index contributed by atoms with van der Waals surface area (Å²) in [6, 6.07) is 0.216. The van der Waals surface area contributed by atoms with E-state index >= 15 is 0 Å². The molecule has 1 amide bonds. The zero-order valence-corrected chi connectivity index (χ0v) is 10.1. The molecule has 0 heterocycles. The Balaban J connectivity index is 2.25. The summed E-state index contributed by atoms with van der Waals surface area (Å²) >= 11 is 0. The topological polar surface area (TPSA) is 76.1 Å². The maximum Gasteiger partial charge on any atom is 0.305 e. The Labute approximate surface area is 100 Å². The lowest BCUT2D eigenvalue weighted by atomic mass is 10.3. The lowest BCUT2D eigenvalue weighted by Crippen LogP contribution is -2.37. The van der Waals surface area contributed by atoms with Crippen molar-refractivity contribution in [3.8, 4) is 0 Å². The van der Waals surface area contributed by atoms with Crippen molar-refractivity contribution in [3.63, 3.8) is 0 Å². The van der Waals surface area contributed by atoms with Gasteiger partial charge in [-0.25, -0.2) is 0 Å². The average Bonchev–Trinajstić information content (AvgIpc) is 3.08. The zero-order valence-electron chi connectivity index (χ0n) is 10.1. The molecule has 0 aromatic rings. The van der Waals surface area contributed by atoms with E-state index in [1.807, 2.05) is 0 Å². The summed E-state index contributed by atoms with van der Waals surface area (Å²) in [6.07, 6.45) is 1.91. The second-order valence-corrected chi connectivity index (χ2v) is 4.01. The number of rotatable bonds is 9. The molecule has 0 unspecified atom stereocenters. The van der Waals surface area contributed by atoms with Crippen LogP contribution in [0.1, 0.15) is 19.3 Å². The minimum Gasteiger partial charge on any atom is -0.481 e. The molecule has 0 aliphatic heterocycles. The van der Waals surface area contributed by atoms with Crippen molar-refractivity contribution in [1.82, 2.24) is 4.90 Å². The largest absolute Gasteiger partial charge is 0.481 e. The molecule has 1 aliphatic carbocycles. The number of carbonyl (C=O) groups excluding carboxylic acids is 1. The fraction of sp³-hybridized carbons (Fsp3) is 0.818. The van der Waals surface area contributed by atoms with Gasteiger partial charge in [0.1, 0.15) is 6.61 Å². The van der Waals surface area contributed by atoms with Gasteiger partial charge in [0, 0.05) is 19.7 Å². The van der Waals surface area contributed by atoms with Crippen LogP contribution in [0.25, 0.3) is 0 Å². The van der Waals surface area contributed by atoms with E-state index in [-0.39, 0.29) is 31.5 Å². The molecule has 1 fully saturated rings. The fourth-order valence-corrected chi connectivity index (χ4v) is 1.50. The molecule has 1 aliphatic rings. The summed E-state index contributed by atoms with van der Waals surface area (Å²) in [6.45, 7) is 1.09. The second kappa shape index (κ2) is 7.24. The minimum absolute atomic E-state index is 0.000517. The van der Waals surface area contributed by atoms with Gasteiger partial charge in [0.15, 0.2) is 0 Å². The predicted molar refractivity (Wildman–Crippen MR) is 59.7 cm³/mol. The van der Waals surface area contributed by atoms with Gasteiger partial charge in [0.25, 0.3) is 0 Å². The van der Waals surface area contributed by atoms with Gasteiger partial charge in [-0.1, -0.05) is 0 Å². The lowest BCUT2D eigenvalue weighted by molar-refractivity contribution is -0.140. The van der Waals surface area contributed by atoms with E-state index in [0.717, 1.165) is 12.8 Å². The number of amides is 1. The normalized spacial score (nSPS) is 14.6. The number of methoxy groups -OCH3 is 1. The molecule has 0 saturated heterocycles. The van der Waals surface area contributed by atoms with Gasteiger partial charge in [-0.15, -0.1) is 0 Å². The van der Waals surface area contributed by atoms with Gasteiger partial charge < -0.3 is 19.5 Å². The van der Waals surface area contributed by atoms with Crippen molar-refractivity contribution < 1.29 is 24.2 Å². The van der Waals surface area contributed by atoms with E-state index in [4.69, 9.17) is 14.6 Å². The van der Waals surface area contributed by atoms with Crippen LogP contribution >= 0.6 is 0 Å². The van der Waals surface area contributed by atoms with Gasteiger partial charge in [0.05, 0.1) is 19.6 Å². The van der Waals surface area contributed by atoms with Crippen LogP contribution in [0.2, 0.25) is 0 Å². The third kappa shape index (κ3) is 5.65. The molecule has 0 atom stereocenters. The maximum atomic E-state index is 11.8. The fourth-order valence-electron chi connectivity index (χ4n) is 1.50. The predicted octanol–water partition coefficient (Wildman–Crippen LogP) is 0.115. The van der Waals surface area contributed by atoms with Crippen molar-refractivity contribution in [2.45, 2.75) is 25.3 Å². The van der Waals surface area contributed by atoms with Gasteiger partial charge in [-0.05, 0) is 12.8 Å². The molecule has 6 heteroatoms. The summed E-state index contributed by atoms with van der Waals surface area (Å²) in [4.78, 5) is 23.9. The zero-order chi connectivity index (χ0) is 12.7. The molecule has 0 aromatic carbocycles. The van der Waals surface area contributed by atoms with E-state index in [9.17, 15) is 9.59 Å². The number of carboxylic acid groups (broad SMARTS) is 1. The number of hydrogen-bond acceptors (Lipinski definition) is 4. The van der Waals surface area contributed by atoms with Crippen LogP contribution in [0.3, 0.4) is 0 Å². The van der Waals surface area contributed by atoms with E-state index in [1.54, 1.807) is 12.0 Å². The average molecular weight is 245 g/mol. The third-order valence-electron chi connectivity index (χ3n) is 2.53. The molecule has 1 rings (SSSR count). The Morgan fingerprint density at radius 1 is 1.35 bits per heavy atom. The first-order valence-corrected chi connectivity index (χ1v) is 5.73. The quantitative estimate of drug-likeness (QED) is 0.584. The SMILES string of the molecule is COCCOCC(=O)N(CCC(=O)O)C1CC1. The van der Waals surface area contributed by atoms with Crippen LogP contribution in [-0.4, -0.2) is 61.4 Å². The Morgan fingerprint density at radius 2 is 2.06 bits per heavy atom. The Kier molecular flexibility index (Phi) is 5.93. The van der Waals surface area contributed by atoms with E-state index in [0.29, 0.717) is 13.2 Å². The van der Waals surface area contributed by atoms with Crippen molar-refractivity contribution >= 4 is 11.9 Å². The minimum atomic E-state index is -0.885. The van der Waals surface area contributed by atoms with Crippen LogP contribution in [-0.2, 0) is 19.1 Å². The molecular formula is C11H19NO5. The van der Waals surface area contributed by atoms with Gasteiger partial charge in [0.2, 0.25) is 5.91 Å². The molecule has 98 valence electrons. The first-order valence-electron chi connectivity index (χ1n) is 5.73. The monoisotopic (exact) mass is 245 g/mol. The van der Waals surface area contributed by atoms with Crippen LogP contribution in [0.4, 0.5) is 0 Å². The molecule has 0 spiro atoms. The van der Waals surface area contributed by atoms with Gasteiger partial charge in [-0.2, -0.15) is 0 Å². The van der Waals surface area contributed by atoms with Gasteiger partial charge >= 0.3 is 5.97 Å². The van der Waals surface area contributed by atoms with Crippen molar-refractivity contribution in [1.29, 1.82) is 0 Å². The molecule has 0 aromatic heterocycles. The summed E-state index contributed by atoms with van der Waals surface area (Å²) in [5.74, 6) is -1.02. The highest BCUT2D eigenvalue weighted by Crippen LogP contribution is 2.27. The highest BCUT2D eigenvalue weighted by molar-refractivity contribution is 5.78. The summed E-state index contributed by atoms with van der Waals surface area (Å²) in [5.41, 5.74) is 0. The smallest absolute Gasteiger partial charge is 0.305 e. The first-order chi connectivity index (χ1) is 8.15. The summed E-state index contributed by atoms with van der Waals surface area (Å²) in [5, 5.41) is 8.61. The van der Waals surface area contributed by atoms with Crippen molar-refractivity contribution in [2.75, 3.05) is 33.5 Å². The molecule has 17 heavy (non-hydrogen) atoms. The summed E-state index contributed by atoms with van der Waals surface area (Å²) < 4.78 is 9.93. The summed E-state index contributed by atoms with van der Waals surface area (Å²) in [7, 11) is 1.56. The lowest BCUT2D eigenvalue weighted by Gasteiger charge is -2.21. The molecule has 0 bridgehead atoms. The third-order valence-corrected chi connectivity index (χ3v) is 2.53. The highest BCUT2D eigenvalue weighted by atomic mass is 16.5. The number of nitrogens with zero attached hydrogens (tertiary/aromatic N) is 1.